The molecule has 0 N–H and O–H groups in total. The summed E-state index contributed by atoms with van der Waals surface area (Å²) in [5.41, 5.74) is 6.45. The minimum absolute atomic E-state index is 0.274. The van der Waals surface area contributed by atoms with E-state index in [0.29, 0.717) is 21.9 Å². The van der Waals surface area contributed by atoms with E-state index in [-0.39, 0.29) is 5.58 Å². The van der Waals surface area contributed by atoms with Crippen molar-refractivity contribution in [2.24, 2.45) is 7.05 Å². The third-order valence-electron chi connectivity index (χ3n) is 5.26. The van der Waals surface area contributed by atoms with Crippen molar-refractivity contribution in [3.8, 4) is 11.3 Å². The lowest BCUT2D eigenvalue weighted by Crippen LogP contribution is -2.31. The third kappa shape index (κ3) is 2.25. The Balaban J connectivity index is 2.19. The molecular formula is C22H20F2NO+. The maximum atomic E-state index is 14.5. The summed E-state index contributed by atoms with van der Waals surface area (Å²) in [4.78, 5) is 0. The first-order chi connectivity index (χ1) is 12.3. The Labute approximate surface area is 150 Å². The Morgan fingerprint density at radius 2 is 1.58 bits per heavy atom. The van der Waals surface area contributed by atoms with E-state index in [2.05, 4.69) is 26.1 Å². The number of hydrogen-bond donors (Lipinski definition) is 0. The van der Waals surface area contributed by atoms with Gasteiger partial charge in [-0.25, -0.2) is 13.3 Å². The average molecular weight is 352 g/mol. The van der Waals surface area contributed by atoms with Gasteiger partial charge in [-0.3, -0.25) is 0 Å². The number of pyridine rings is 1. The van der Waals surface area contributed by atoms with Crippen LogP contribution in [0.5, 0.6) is 0 Å². The van der Waals surface area contributed by atoms with E-state index in [1.165, 1.54) is 11.1 Å². The molecule has 0 bridgehead atoms. The number of halogens is 2. The van der Waals surface area contributed by atoms with Crippen LogP contribution in [0.25, 0.3) is 33.2 Å². The molecule has 2 aromatic heterocycles. The summed E-state index contributed by atoms with van der Waals surface area (Å²) >= 11 is 0. The van der Waals surface area contributed by atoms with Crippen molar-refractivity contribution in [1.82, 2.24) is 0 Å². The van der Waals surface area contributed by atoms with Crippen LogP contribution in [0.1, 0.15) is 22.3 Å². The summed E-state index contributed by atoms with van der Waals surface area (Å²) in [5, 5.41) is 1.01. The summed E-state index contributed by atoms with van der Waals surface area (Å²) in [7, 11) is 1.98. The van der Waals surface area contributed by atoms with Crippen LogP contribution in [0.15, 0.2) is 34.9 Å². The van der Waals surface area contributed by atoms with Gasteiger partial charge in [0.2, 0.25) is 5.69 Å². The van der Waals surface area contributed by atoms with Crippen molar-refractivity contribution in [1.29, 1.82) is 0 Å². The molecule has 0 aliphatic carbocycles. The van der Waals surface area contributed by atoms with Gasteiger partial charge in [0, 0.05) is 28.6 Å². The van der Waals surface area contributed by atoms with Crippen molar-refractivity contribution in [2.75, 3.05) is 0 Å². The molecule has 0 radical (unpaired) electrons. The van der Waals surface area contributed by atoms with Crippen LogP contribution >= 0.6 is 0 Å². The first kappa shape index (κ1) is 16.7. The maximum absolute atomic E-state index is 14.5. The smallest absolute Gasteiger partial charge is 0.216 e. The highest BCUT2D eigenvalue weighted by Crippen LogP contribution is 2.39. The number of rotatable bonds is 1. The second-order valence-corrected chi connectivity index (χ2v) is 7.04. The number of furan rings is 1. The molecular weight excluding hydrogens is 332 g/mol. The molecule has 4 aromatic rings. The van der Waals surface area contributed by atoms with E-state index < -0.39 is 11.6 Å². The molecule has 2 heterocycles. The predicted octanol–water partition coefficient (Wildman–Crippen LogP) is 5.59. The number of aryl methyl sites for hydroxylation is 5. The van der Waals surface area contributed by atoms with E-state index in [1.807, 2.05) is 30.7 Å². The summed E-state index contributed by atoms with van der Waals surface area (Å²) in [6.07, 6.45) is 2.07. The molecule has 0 aliphatic rings. The van der Waals surface area contributed by atoms with Crippen LogP contribution in [-0.2, 0) is 7.05 Å². The minimum Gasteiger partial charge on any atom is -0.455 e. The zero-order valence-electron chi connectivity index (χ0n) is 15.5. The Kier molecular flexibility index (Phi) is 3.62. The van der Waals surface area contributed by atoms with Gasteiger partial charge in [0.1, 0.15) is 29.8 Å². The van der Waals surface area contributed by atoms with Gasteiger partial charge in [-0.15, -0.1) is 0 Å². The van der Waals surface area contributed by atoms with Gasteiger partial charge in [0.25, 0.3) is 0 Å². The van der Waals surface area contributed by atoms with Crippen molar-refractivity contribution in [3.05, 3.63) is 64.4 Å². The van der Waals surface area contributed by atoms with Gasteiger partial charge in [0.15, 0.2) is 6.20 Å². The molecule has 132 valence electrons. The van der Waals surface area contributed by atoms with Crippen LogP contribution in [-0.4, -0.2) is 0 Å². The van der Waals surface area contributed by atoms with Crippen LogP contribution < -0.4 is 4.57 Å². The first-order valence-electron chi connectivity index (χ1n) is 8.57. The van der Waals surface area contributed by atoms with Gasteiger partial charge in [-0.05, 0) is 38.8 Å². The van der Waals surface area contributed by atoms with E-state index in [0.717, 1.165) is 22.9 Å². The van der Waals surface area contributed by atoms with Gasteiger partial charge in [-0.1, -0.05) is 12.1 Å². The second kappa shape index (κ2) is 5.63. The second-order valence-electron chi connectivity index (χ2n) is 7.04. The fourth-order valence-electron chi connectivity index (χ4n) is 3.61. The van der Waals surface area contributed by atoms with Gasteiger partial charge < -0.3 is 4.42 Å². The summed E-state index contributed by atoms with van der Waals surface area (Å²) in [5.74, 6) is -1.19. The van der Waals surface area contributed by atoms with E-state index in [9.17, 15) is 8.78 Å². The minimum atomic E-state index is -0.596. The maximum Gasteiger partial charge on any atom is 0.216 e. The average Bonchev–Trinajstić information content (AvgIpc) is 2.96. The van der Waals surface area contributed by atoms with Crippen molar-refractivity contribution in [3.63, 3.8) is 0 Å². The quantitative estimate of drug-likeness (QED) is 0.408. The number of aromatic nitrogens is 1. The van der Waals surface area contributed by atoms with Crippen molar-refractivity contribution < 1.29 is 17.8 Å². The van der Waals surface area contributed by atoms with Gasteiger partial charge in [-0.2, -0.15) is 0 Å². The lowest BCUT2D eigenvalue weighted by atomic mass is 9.98. The molecule has 2 nitrogen and oxygen atoms in total. The Hall–Kier alpha value is -2.75. The number of hydrogen-bond acceptors (Lipinski definition) is 1. The molecule has 2 aromatic carbocycles. The highest BCUT2D eigenvalue weighted by Gasteiger charge is 2.24. The summed E-state index contributed by atoms with van der Waals surface area (Å²) < 4.78 is 36.6. The fourth-order valence-corrected chi connectivity index (χ4v) is 3.61. The largest absolute Gasteiger partial charge is 0.455 e. The van der Waals surface area contributed by atoms with Gasteiger partial charge in [0.05, 0.1) is 10.9 Å². The zero-order chi connectivity index (χ0) is 18.7. The fraction of sp³-hybridized carbons (Fsp3) is 0.227. The molecule has 0 amide bonds. The SMILES string of the molecule is Cc1cc(-c2c(C)ccc3c2oc2c(C)c(F)cc(F)c23)[n+](C)cc1C. The Morgan fingerprint density at radius 3 is 2.31 bits per heavy atom. The summed E-state index contributed by atoms with van der Waals surface area (Å²) in [6.45, 7) is 7.74. The zero-order valence-corrected chi connectivity index (χ0v) is 15.5. The normalized spacial score (nSPS) is 11.7. The van der Waals surface area contributed by atoms with Crippen molar-refractivity contribution >= 4 is 21.9 Å². The molecule has 0 unspecified atom stereocenters. The van der Waals surface area contributed by atoms with Crippen LogP contribution in [0.4, 0.5) is 8.78 Å². The molecule has 0 atom stereocenters. The standard InChI is InChI=1S/C22H20F2NO/c1-11-6-7-15-20-17(24)9-16(23)14(4)21(20)26-22(15)19(11)18-8-12(2)13(3)10-25(18)5/h6-10H,1-5H3/q+1. The van der Waals surface area contributed by atoms with E-state index in [4.69, 9.17) is 4.42 Å². The number of benzene rings is 2. The van der Waals surface area contributed by atoms with Crippen LogP contribution in [0.2, 0.25) is 0 Å². The number of fused-ring (bicyclic) bond motifs is 3. The van der Waals surface area contributed by atoms with E-state index in [1.54, 1.807) is 6.92 Å². The monoisotopic (exact) mass is 352 g/mol. The lowest BCUT2D eigenvalue weighted by molar-refractivity contribution is -0.660. The lowest BCUT2D eigenvalue weighted by Gasteiger charge is -2.07. The topological polar surface area (TPSA) is 17.0 Å². The molecule has 4 heteroatoms. The highest BCUT2D eigenvalue weighted by atomic mass is 19.1. The molecule has 26 heavy (non-hydrogen) atoms. The number of nitrogens with zero attached hydrogens (tertiary/aromatic N) is 1. The Bertz CT molecular complexity index is 1200. The van der Waals surface area contributed by atoms with Crippen LogP contribution in [0, 0.1) is 39.3 Å². The van der Waals surface area contributed by atoms with Crippen molar-refractivity contribution in [2.45, 2.75) is 27.7 Å². The Morgan fingerprint density at radius 1 is 0.846 bits per heavy atom. The van der Waals surface area contributed by atoms with E-state index >= 15 is 0 Å². The molecule has 0 saturated carbocycles. The van der Waals surface area contributed by atoms with Crippen LogP contribution in [0.3, 0.4) is 0 Å². The molecule has 4 rings (SSSR count). The molecule has 0 aliphatic heterocycles. The first-order valence-corrected chi connectivity index (χ1v) is 8.57. The highest BCUT2D eigenvalue weighted by molar-refractivity contribution is 6.10. The van der Waals surface area contributed by atoms with Gasteiger partial charge >= 0.3 is 0 Å². The predicted molar refractivity (Wildman–Crippen MR) is 99.2 cm³/mol. The third-order valence-corrected chi connectivity index (χ3v) is 5.26. The molecule has 0 spiro atoms. The molecule has 0 fully saturated rings. The summed E-state index contributed by atoms with van der Waals surface area (Å²) in [6, 6.07) is 6.84. The molecule has 0 saturated heterocycles.